The fourth-order valence-electron chi connectivity index (χ4n) is 6.07. The van der Waals surface area contributed by atoms with Crippen molar-refractivity contribution in [2.75, 3.05) is 184 Å². The molecule has 382 valence electrons. The molecule has 1 unspecified atom stereocenters. The van der Waals surface area contributed by atoms with Crippen molar-refractivity contribution in [3.63, 3.8) is 0 Å². The molecule has 0 bridgehead atoms. The van der Waals surface area contributed by atoms with E-state index < -0.39 is 35.3 Å². The van der Waals surface area contributed by atoms with Gasteiger partial charge in [0.05, 0.1) is 170 Å². The van der Waals surface area contributed by atoms with Gasteiger partial charge in [0.2, 0.25) is 11.8 Å². The number of hydrogen-bond donors (Lipinski definition) is 2. The van der Waals surface area contributed by atoms with Gasteiger partial charge in [-0.3, -0.25) is 29.4 Å². The summed E-state index contributed by atoms with van der Waals surface area (Å²) in [6, 6.07) is 3.89. The van der Waals surface area contributed by atoms with Crippen LogP contribution in [0.5, 0.6) is 0 Å². The lowest BCUT2D eigenvalue weighted by atomic mass is 10.0. The predicted octanol–water partition coefficient (Wildman–Crippen LogP) is 1.57. The zero-order valence-corrected chi connectivity index (χ0v) is 39.9. The van der Waals surface area contributed by atoms with Gasteiger partial charge in [-0.25, -0.2) is 4.79 Å². The Kier molecular flexibility index (Phi) is 30.2. The molecule has 2 heterocycles. The van der Waals surface area contributed by atoms with Gasteiger partial charge in [0.25, 0.3) is 11.8 Å². The number of carbonyl (C=O) groups is 5. The zero-order chi connectivity index (χ0) is 48.4. The normalized spacial score (nSPS) is 15.0. The number of nitrogens with one attached hydrogen (secondary N) is 2. The first-order valence-corrected chi connectivity index (χ1v) is 22.9. The Bertz CT molecular complexity index is 1570. The summed E-state index contributed by atoms with van der Waals surface area (Å²) in [4.78, 5) is 64.3. The van der Waals surface area contributed by atoms with Gasteiger partial charge in [-0.05, 0) is 39.3 Å². The van der Waals surface area contributed by atoms with Crippen molar-refractivity contribution in [1.29, 1.82) is 0 Å². The molecule has 67 heavy (non-hydrogen) atoms. The Morgan fingerprint density at radius 3 is 1.37 bits per heavy atom. The highest BCUT2D eigenvalue weighted by molar-refractivity contribution is 6.25. The fourth-order valence-corrected chi connectivity index (χ4v) is 6.07. The molecule has 0 aliphatic carbocycles. The molecule has 0 aromatic heterocycles. The molecule has 22 heteroatoms. The van der Waals surface area contributed by atoms with Crippen LogP contribution in [0.3, 0.4) is 0 Å². The summed E-state index contributed by atoms with van der Waals surface area (Å²) >= 11 is 0. The SMILES string of the molecule is CN(CCOCCOCCOCCOCCOCCOCCOCCOCCOCCOCCOCCOCCNc1cccc2c1C(=O)N(C1CCC(=O)NC1=O)C2=O)C(=O)OC(C)(C)C. The van der Waals surface area contributed by atoms with E-state index >= 15 is 0 Å². The summed E-state index contributed by atoms with van der Waals surface area (Å²) in [5.41, 5.74) is 0.370. The minimum atomic E-state index is -1.02. The largest absolute Gasteiger partial charge is 0.444 e. The van der Waals surface area contributed by atoms with E-state index in [-0.39, 0.29) is 30.1 Å². The molecular formula is C45H74N4O18. The molecule has 3 rings (SSSR count). The monoisotopic (exact) mass is 958 g/mol. The van der Waals surface area contributed by atoms with Gasteiger partial charge in [-0.15, -0.1) is 0 Å². The summed E-state index contributed by atoms with van der Waals surface area (Å²) in [7, 11) is 1.67. The van der Waals surface area contributed by atoms with Crippen molar-refractivity contribution in [2.24, 2.45) is 0 Å². The number of benzene rings is 1. The van der Waals surface area contributed by atoms with Crippen molar-refractivity contribution < 1.29 is 85.6 Å². The van der Waals surface area contributed by atoms with Crippen LogP contribution in [0, 0.1) is 0 Å². The van der Waals surface area contributed by atoms with E-state index in [1.807, 2.05) is 20.8 Å². The lowest BCUT2D eigenvalue weighted by molar-refractivity contribution is -0.136. The van der Waals surface area contributed by atoms with Crippen LogP contribution in [0.4, 0.5) is 10.5 Å². The number of imide groups is 2. The molecule has 1 saturated heterocycles. The molecule has 1 fully saturated rings. The smallest absolute Gasteiger partial charge is 0.410 e. The van der Waals surface area contributed by atoms with E-state index in [0.717, 1.165) is 4.90 Å². The lowest BCUT2D eigenvalue weighted by Gasteiger charge is -2.27. The molecule has 1 atom stereocenters. The van der Waals surface area contributed by atoms with E-state index in [4.69, 9.17) is 61.6 Å². The Morgan fingerprint density at radius 2 is 0.985 bits per heavy atom. The maximum absolute atomic E-state index is 13.2. The summed E-state index contributed by atoms with van der Waals surface area (Å²) in [5.74, 6) is -2.18. The number of rotatable bonds is 41. The number of nitrogens with zero attached hydrogens (tertiary/aromatic N) is 2. The zero-order valence-electron chi connectivity index (χ0n) is 39.9. The quantitative estimate of drug-likeness (QED) is 0.0700. The molecule has 0 saturated carbocycles. The standard InChI is InChI=1S/C45H74N4O18/c1-45(2,3)67-44(54)48(4)11-13-56-15-17-58-19-21-60-23-25-62-27-29-64-31-33-66-35-34-65-32-30-63-28-26-61-24-22-59-20-18-57-16-14-55-12-10-46-37-7-5-6-36-40(37)43(53)49(42(36)52)38-8-9-39(50)47-41(38)51/h5-7,38,46H,8-35H2,1-4H3,(H,47,50,51). The second kappa shape index (κ2) is 35.2. The molecule has 1 aromatic rings. The number of likely N-dealkylation sites (N-methyl/N-ethyl adjacent to an activating group) is 1. The van der Waals surface area contributed by atoms with Crippen molar-refractivity contribution in [1.82, 2.24) is 15.1 Å². The third kappa shape index (κ3) is 25.3. The second-order valence-electron chi connectivity index (χ2n) is 15.9. The van der Waals surface area contributed by atoms with Crippen LogP contribution in [0.1, 0.15) is 54.3 Å². The average Bonchev–Trinajstić information content (AvgIpc) is 3.55. The Morgan fingerprint density at radius 1 is 0.597 bits per heavy atom. The van der Waals surface area contributed by atoms with E-state index in [0.29, 0.717) is 177 Å². The van der Waals surface area contributed by atoms with Gasteiger partial charge < -0.3 is 71.8 Å². The van der Waals surface area contributed by atoms with Crippen molar-refractivity contribution in [3.05, 3.63) is 29.3 Å². The van der Waals surface area contributed by atoms with Crippen LogP contribution in [0.15, 0.2) is 18.2 Å². The van der Waals surface area contributed by atoms with Crippen molar-refractivity contribution >= 4 is 35.4 Å². The topological polar surface area (TPSA) is 236 Å². The van der Waals surface area contributed by atoms with E-state index in [1.165, 1.54) is 4.90 Å². The molecule has 2 aliphatic rings. The Balaban J connectivity index is 0.955. The third-order valence-electron chi connectivity index (χ3n) is 9.40. The number of ether oxygens (including phenoxy) is 13. The highest BCUT2D eigenvalue weighted by Crippen LogP contribution is 2.32. The highest BCUT2D eigenvalue weighted by atomic mass is 16.6. The maximum Gasteiger partial charge on any atom is 0.410 e. The first-order valence-electron chi connectivity index (χ1n) is 22.9. The van der Waals surface area contributed by atoms with E-state index in [2.05, 4.69) is 10.6 Å². The van der Waals surface area contributed by atoms with Crippen LogP contribution in [0.25, 0.3) is 0 Å². The first kappa shape index (κ1) is 57.4. The van der Waals surface area contributed by atoms with Crippen LogP contribution in [-0.4, -0.2) is 230 Å². The highest BCUT2D eigenvalue weighted by Gasteiger charge is 2.45. The molecule has 1 aromatic carbocycles. The molecular weight excluding hydrogens is 885 g/mol. The van der Waals surface area contributed by atoms with Crippen LogP contribution < -0.4 is 10.6 Å². The molecule has 2 aliphatic heterocycles. The van der Waals surface area contributed by atoms with Crippen molar-refractivity contribution in [3.8, 4) is 0 Å². The third-order valence-corrected chi connectivity index (χ3v) is 9.40. The van der Waals surface area contributed by atoms with E-state index in [1.54, 1.807) is 25.2 Å². The Labute approximate surface area is 394 Å². The minimum absolute atomic E-state index is 0.0609. The summed E-state index contributed by atoms with van der Waals surface area (Å²) in [6.45, 7) is 16.8. The predicted molar refractivity (Wildman–Crippen MR) is 240 cm³/mol. The van der Waals surface area contributed by atoms with Crippen LogP contribution in [0.2, 0.25) is 0 Å². The maximum atomic E-state index is 13.2. The van der Waals surface area contributed by atoms with Crippen LogP contribution >= 0.6 is 0 Å². The van der Waals surface area contributed by atoms with Gasteiger partial charge in [0, 0.05) is 32.2 Å². The first-order chi connectivity index (χ1) is 32.5. The van der Waals surface area contributed by atoms with Gasteiger partial charge in [-0.2, -0.15) is 0 Å². The second-order valence-corrected chi connectivity index (χ2v) is 15.9. The minimum Gasteiger partial charge on any atom is -0.444 e. The summed E-state index contributed by atoms with van der Waals surface area (Å²) < 4.78 is 71.4. The number of anilines is 1. The van der Waals surface area contributed by atoms with E-state index in [9.17, 15) is 24.0 Å². The van der Waals surface area contributed by atoms with Gasteiger partial charge in [0.15, 0.2) is 0 Å². The number of fused-ring (bicyclic) bond motifs is 1. The number of hydrogen-bond acceptors (Lipinski definition) is 19. The number of carbonyl (C=O) groups excluding carboxylic acids is 5. The lowest BCUT2D eigenvalue weighted by Crippen LogP contribution is -2.54. The van der Waals surface area contributed by atoms with Crippen molar-refractivity contribution in [2.45, 2.75) is 45.3 Å². The summed E-state index contributed by atoms with van der Waals surface area (Å²) in [6.07, 6.45) is -0.215. The fraction of sp³-hybridized carbons (Fsp3) is 0.756. The van der Waals surface area contributed by atoms with Gasteiger partial charge in [-0.1, -0.05) is 6.07 Å². The van der Waals surface area contributed by atoms with Crippen LogP contribution in [-0.2, 0) is 71.2 Å². The Hall–Kier alpha value is -3.91. The average molecular weight is 959 g/mol. The molecule has 5 amide bonds. The molecule has 0 radical (unpaired) electrons. The molecule has 22 nitrogen and oxygen atoms in total. The van der Waals surface area contributed by atoms with Gasteiger partial charge in [0.1, 0.15) is 11.6 Å². The number of piperidine rings is 1. The van der Waals surface area contributed by atoms with Gasteiger partial charge >= 0.3 is 6.09 Å². The summed E-state index contributed by atoms with van der Waals surface area (Å²) in [5, 5.41) is 5.33. The number of amides is 5. The molecule has 2 N–H and O–H groups in total. The molecule has 0 spiro atoms.